The summed E-state index contributed by atoms with van der Waals surface area (Å²) in [5.74, 6) is -0.265. The second-order valence-electron chi connectivity index (χ2n) is 18.6. The van der Waals surface area contributed by atoms with Crippen LogP contribution in [0.1, 0.15) is 162 Å². The molecule has 0 bridgehead atoms. The van der Waals surface area contributed by atoms with Crippen molar-refractivity contribution in [1.29, 1.82) is 0 Å². The molecule has 1 amide bonds. The Morgan fingerprint density at radius 3 is 1.49 bits per heavy atom. The van der Waals surface area contributed by atoms with E-state index in [0.29, 0.717) is 12.8 Å². The van der Waals surface area contributed by atoms with Gasteiger partial charge in [0.1, 0.15) is 48.8 Å². The summed E-state index contributed by atoms with van der Waals surface area (Å²) in [5, 5.41) is 86.6. The van der Waals surface area contributed by atoms with Gasteiger partial charge in [-0.05, 0) is 83.5 Å². The van der Waals surface area contributed by atoms with E-state index < -0.39 is 86.8 Å². The first-order valence-electron chi connectivity index (χ1n) is 27.0. The van der Waals surface area contributed by atoms with Crippen LogP contribution in [0.5, 0.6) is 0 Å². The monoisotopic (exact) mass is 1000 g/mol. The Kier molecular flexibility index (Phi) is 38.1. The number of unbranched alkanes of at least 4 members (excludes halogenated alkanes) is 13. The van der Waals surface area contributed by atoms with Crippen molar-refractivity contribution in [3.8, 4) is 0 Å². The predicted octanol–water partition coefficient (Wildman–Crippen LogP) is 7.93. The second kappa shape index (κ2) is 42.3. The number of carbonyl (C=O) groups excluding carboxylic acids is 1. The van der Waals surface area contributed by atoms with E-state index in [0.717, 1.165) is 83.5 Å². The Labute approximate surface area is 426 Å². The van der Waals surface area contributed by atoms with Crippen molar-refractivity contribution in [3.05, 3.63) is 97.2 Å². The molecular formula is C57H95NO13. The summed E-state index contributed by atoms with van der Waals surface area (Å²) >= 11 is 0. The number of rotatable bonds is 40. The molecule has 0 radical (unpaired) electrons. The number of ether oxygens (including phenoxy) is 4. The molecule has 2 rings (SSSR count). The van der Waals surface area contributed by atoms with Gasteiger partial charge in [0.25, 0.3) is 0 Å². The smallest absolute Gasteiger partial charge is 0.220 e. The summed E-state index contributed by atoms with van der Waals surface area (Å²) in [6, 6.07) is -0.943. The van der Waals surface area contributed by atoms with Gasteiger partial charge < -0.3 is 65.1 Å². The van der Waals surface area contributed by atoms with E-state index in [1.807, 2.05) is 6.08 Å². The first kappa shape index (κ1) is 64.0. The van der Waals surface area contributed by atoms with Crippen LogP contribution < -0.4 is 5.32 Å². The summed E-state index contributed by atoms with van der Waals surface area (Å²) in [6.45, 7) is 2.49. The quantitative estimate of drug-likeness (QED) is 0.0210. The van der Waals surface area contributed by atoms with E-state index >= 15 is 0 Å². The number of aliphatic hydroxyl groups excluding tert-OH is 8. The van der Waals surface area contributed by atoms with Crippen LogP contribution in [-0.4, -0.2) is 140 Å². The normalized spacial score (nSPS) is 26.6. The van der Waals surface area contributed by atoms with Gasteiger partial charge in [-0.25, -0.2) is 0 Å². The number of aliphatic hydroxyl groups is 8. The SMILES string of the molecule is CC/C=C\C/C=C\C/C=C\C/C=C\C/C=C\CCCCCCCCCCCCCC(=O)NC(COC1OC(CO)C(OC2OC(CO)C(O)C(O)C2O)C(O)C1O)C(O)/C=C/CC/C=C/CC/C=C/CC. The highest BCUT2D eigenvalue weighted by atomic mass is 16.7. The molecule has 0 spiro atoms. The summed E-state index contributed by atoms with van der Waals surface area (Å²) < 4.78 is 22.6. The molecule has 12 atom stereocenters. The van der Waals surface area contributed by atoms with Gasteiger partial charge in [-0.3, -0.25) is 4.79 Å². The molecule has 0 aromatic heterocycles. The lowest BCUT2D eigenvalue weighted by molar-refractivity contribution is -0.359. The molecule has 14 heteroatoms. The van der Waals surface area contributed by atoms with E-state index in [2.05, 4.69) is 104 Å². The van der Waals surface area contributed by atoms with Gasteiger partial charge in [0.05, 0.1) is 32.0 Å². The highest BCUT2D eigenvalue weighted by Crippen LogP contribution is 2.30. The lowest BCUT2D eigenvalue weighted by Crippen LogP contribution is -2.65. The third-order valence-electron chi connectivity index (χ3n) is 12.5. The number of carbonyl (C=O) groups is 1. The first-order chi connectivity index (χ1) is 34.6. The second-order valence-corrected chi connectivity index (χ2v) is 18.6. The van der Waals surface area contributed by atoms with E-state index in [1.54, 1.807) is 6.08 Å². The lowest BCUT2D eigenvalue weighted by atomic mass is 9.97. The molecule has 2 fully saturated rings. The van der Waals surface area contributed by atoms with Crippen LogP contribution in [0.4, 0.5) is 0 Å². The highest BCUT2D eigenvalue weighted by Gasteiger charge is 2.51. The number of hydrogen-bond acceptors (Lipinski definition) is 13. The zero-order valence-corrected chi connectivity index (χ0v) is 43.2. The Morgan fingerprint density at radius 2 is 0.944 bits per heavy atom. The topological polar surface area (TPSA) is 228 Å². The van der Waals surface area contributed by atoms with Crippen LogP contribution in [0.15, 0.2) is 97.2 Å². The number of nitrogens with one attached hydrogen (secondary N) is 1. The van der Waals surface area contributed by atoms with E-state index in [9.17, 15) is 45.6 Å². The molecule has 2 heterocycles. The molecule has 0 aliphatic carbocycles. The maximum absolute atomic E-state index is 13.2. The number of allylic oxidation sites excluding steroid dienone is 15. The zero-order chi connectivity index (χ0) is 51.7. The van der Waals surface area contributed by atoms with E-state index in [1.165, 1.54) is 44.9 Å². The maximum atomic E-state index is 13.2. The van der Waals surface area contributed by atoms with Crippen molar-refractivity contribution in [2.45, 2.75) is 235 Å². The molecule has 71 heavy (non-hydrogen) atoms. The summed E-state index contributed by atoms with van der Waals surface area (Å²) in [4.78, 5) is 13.2. The first-order valence-corrected chi connectivity index (χ1v) is 27.0. The Morgan fingerprint density at radius 1 is 0.507 bits per heavy atom. The van der Waals surface area contributed by atoms with Crippen LogP contribution in [-0.2, 0) is 23.7 Å². The third-order valence-corrected chi connectivity index (χ3v) is 12.5. The van der Waals surface area contributed by atoms with Gasteiger partial charge in [0, 0.05) is 6.42 Å². The standard InChI is InChI=1S/C57H95NO13/c1-3-5-7-9-11-13-15-16-17-18-19-20-21-22-23-24-25-26-27-28-29-30-31-33-35-37-39-41-49(62)58-45(46(61)40-38-36-34-32-14-12-10-8-6-4-2)44-68-56-54(67)52(65)55(48(43-60)70-56)71-57-53(66)51(64)50(63)47(42-59)69-57/h5-8,11,13-14,16-17,19-20,22-23,32,38,40,45-48,50-57,59-61,63-67H,3-4,9-10,12,15,18,21,24-31,33-37,39,41-44H2,1-2H3,(H,58,62)/b7-5-,8-6+,13-11-,17-16-,20-19-,23-22-,32-14+,40-38+. The van der Waals surface area contributed by atoms with Crippen LogP contribution in [0.25, 0.3) is 0 Å². The average Bonchev–Trinajstić information content (AvgIpc) is 3.37. The Hall–Kier alpha value is -3.09. The maximum Gasteiger partial charge on any atom is 0.220 e. The van der Waals surface area contributed by atoms with Crippen LogP contribution >= 0.6 is 0 Å². The van der Waals surface area contributed by atoms with Gasteiger partial charge >= 0.3 is 0 Å². The number of hydrogen-bond donors (Lipinski definition) is 9. The molecule has 0 aromatic carbocycles. The van der Waals surface area contributed by atoms with E-state index in [4.69, 9.17) is 18.9 Å². The molecule has 9 N–H and O–H groups in total. The third kappa shape index (κ3) is 28.8. The summed E-state index contributed by atoms with van der Waals surface area (Å²) in [6.07, 6.45) is 40.4. The average molecular weight is 1000 g/mol. The summed E-state index contributed by atoms with van der Waals surface area (Å²) in [5.41, 5.74) is 0. The van der Waals surface area contributed by atoms with Gasteiger partial charge in [0.15, 0.2) is 12.6 Å². The summed E-state index contributed by atoms with van der Waals surface area (Å²) in [7, 11) is 0. The van der Waals surface area contributed by atoms with Gasteiger partial charge in [0.2, 0.25) is 5.91 Å². The van der Waals surface area contributed by atoms with E-state index in [-0.39, 0.29) is 18.9 Å². The van der Waals surface area contributed by atoms with Crippen molar-refractivity contribution < 1.29 is 64.6 Å². The molecule has 2 aliphatic heterocycles. The Balaban J connectivity index is 1.72. The fraction of sp³-hybridized carbons (Fsp3) is 0.702. The largest absolute Gasteiger partial charge is 0.394 e. The van der Waals surface area contributed by atoms with Gasteiger partial charge in [-0.2, -0.15) is 0 Å². The van der Waals surface area contributed by atoms with Crippen LogP contribution in [0, 0.1) is 0 Å². The predicted molar refractivity (Wildman–Crippen MR) is 281 cm³/mol. The highest BCUT2D eigenvalue weighted by molar-refractivity contribution is 5.76. The minimum atomic E-state index is -1.80. The zero-order valence-electron chi connectivity index (χ0n) is 43.2. The molecular weight excluding hydrogens is 907 g/mol. The van der Waals surface area contributed by atoms with Crippen molar-refractivity contribution in [1.82, 2.24) is 5.32 Å². The van der Waals surface area contributed by atoms with Crippen LogP contribution in [0.2, 0.25) is 0 Å². The lowest BCUT2D eigenvalue weighted by Gasteiger charge is -2.46. The minimum Gasteiger partial charge on any atom is -0.394 e. The molecule has 0 saturated carbocycles. The molecule has 14 nitrogen and oxygen atoms in total. The molecule has 2 saturated heterocycles. The van der Waals surface area contributed by atoms with Crippen LogP contribution in [0.3, 0.4) is 0 Å². The number of amides is 1. The Bertz CT molecular complexity index is 1560. The van der Waals surface area contributed by atoms with Crippen molar-refractivity contribution in [3.63, 3.8) is 0 Å². The molecule has 406 valence electrons. The van der Waals surface area contributed by atoms with Gasteiger partial charge in [-0.15, -0.1) is 0 Å². The fourth-order valence-corrected chi connectivity index (χ4v) is 8.18. The molecule has 0 aromatic rings. The van der Waals surface area contributed by atoms with Crippen molar-refractivity contribution >= 4 is 5.91 Å². The van der Waals surface area contributed by atoms with Crippen molar-refractivity contribution in [2.75, 3.05) is 19.8 Å². The van der Waals surface area contributed by atoms with Gasteiger partial charge in [-0.1, -0.05) is 169 Å². The molecule has 2 aliphatic rings. The van der Waals surface area contributed by atoms with Crippen molar-refractivity contribution in [2.24, 2.45) is 0 Å². The molecule has 12 unspecified atom stereocenters. The fourth-order valence-electron chi connectivity index (χ4n) is 8.18. The minimum absolute atomic E-state index is 0.260.